The number of benzene rings is 2. The number of anilines is 1. The van der Waals surface area contributed by atoms with Gasteiger partial charge in [-0.1, -0.05) is 52.6 Å². The van der Waals surface area contributed by atoms with Gasteiger partial charge in [-0.3, -0.25) is 14.2 Å². The second-order valence-corrected chi connectivity index (χ2v) is 8.46. The topological polar surface area (TPSA) is 73.2 Å². The van der Waals surface area contributed by atoms with E-state index in [0.717, 1.165) is 11.8 Å². The minimum absolute atomic E-state index is 0.0334. The summed E-state index contributed by atoms with van der Waals surface area (Å²) >= 11 is 19.3. The first kappa shape index (κ1) is 22.9. The van der Waals surface area contributed by atoms with Gasteiger partial charge in [-0.25, -0.2) is 4.98 Å². The summed E-state index contributed by atoms with van der Waals surface area (Å²) in [6, 6.07) is 9.93. The fraction of sp³-hybridized carbons (Fsp3) is 0.250. The summed E-state index contributed by atoms with van der Waals surface area (Å²) in [5.41, 5.74) is 0.718. The molecule has 0 unspecified atom stereocenters. The monoisotopic (exact) mass is 485 g/mol. The van der Waals surface area contributed by atoms with E-state index in [4.69, 9.17) is 39.5 Å². The average Bonchev–Trinajstić information content (AvgIpc) is 2.71. The van der Waals surface area contributed by atoms with Crippen LogP contribution in [0.15, 0.2) is 46.3 Å². The molecule has 3 aromatic rings. The highest BCUT2D eigenvalue weighted by Gasteiger charge is 2.15. The van der Waals surface area contributed by atoms with E-state index in [-0.39, 0.29) is 22.2 Å². The summed E-state index contributed by atoms with van der Waals surface area (Å²) in [7, 11) is 1.60. The number of ether oxygens (including phenoxy) is 1. The molecule has 0 saturated heterocycles. The van der Waals surface area contributed by atoms with Gasteiger partial charge in [0.2, 0.25) is 5.91 Å². The Morgan fingerprint density at radius 2 is 2.03 bits per heavy atom. The second-order valence-electron chi connectivity index (χ2n) is 6.30. The second kappa shape index (κ2) is 10.5. The Balaban J connectivity index is 1.84. The molecule has 0 aliphatic carbocycles. The summed E-state index contributed by atoms with van der Waals surface area (Å²) in [6.07, 6.45) is 0.634. The number of hydrogen-bond acceptors (Lipinski definition) is 5. The molecule has 0 bridgehead atoms. The Hall–Kier alpha value is -1.77. The number of fused-ring (bicyclic) bond motifs is 1. The number of carbonyl (C=O) groups is 1. The van der Waals surface area contributed by atoms with Gasteiger partial charge >= 0.3 is 0 Å². The number of carbonyl (C=O) groups excluding carboxylic acids is 1. The zero-order valence-electron chi connectivity index (χ0n) is 16.0. The van der Waals surface area contributed by atoms with Gasteiger partial charge in [0.1, 0.15) is 0 Å². The fourth-order valence-electron chi connectivity index (χ4n) is 2.76. The number of rotatable bonds is 8. The van der Waals surface area contributed by atoms with E-state index >= 15 is 0 Å². The Kier molecular flexibility index (Phi) is 8.02. The molecule has 0 radical (unpaired) electrons. The van der Waals surface area contributed by atoms with E-state index in [1.54, 1.807) is 48.1 Å². The van der Waals surface area contributed by atoms with Crippen molar-refractivity contribution in [2.45, 2.75) is 18.1 Å². The molecule has 3 rings (SSSR count). The predicted molar refractivity (Wildman–Crippen MR) is 123 cm³/mol. The zero-order chi connectivity index (χ0) is 21.7. The number of aromatic nitrogens is 2. The number of nitrogens with zero attached hydrogens (tertiary/aromatic N) is 2. The van der Waals surface area contributed by atoms with E-state index in [9.17, 15) is 9.59 Å². The van der Waals surface area contributed by atoms with Gasteiger partial charge in [0, 0.05) is 25.3 Å². The van der Waals surface area contributed by atoms with Gasteiger partial charge in [0.25, 0.3) is 5.56 Å². The lowest BCUT2D eigenvalue weighted by Gasteiger charge is -2.13. The molecular weight excluding hydrogens is 469 g/mol. The van der Waals surface area contributed by atoms with Crippen molar-refractivity contribution in [2.75, 3.05) is 24.8 Å². The first-order chi connectivity index (χ1) is 14.4. The largest absolute Gasteiger partial charge is 0.385 e. The van der Waals surface area contributed by atoms with Crippen molar-refractivity contribution >= 4 is 69.1 Å². The first-order valence-corrected chi connectivity index (χ1v) is 11.1. The van der Waals surface area contributed by atoms with Crippen LogP contribution in [0.5, 0.6) is 0 Å². The molecule has 6 nitrogen and oxygen atoms in total. The molecule has 0 aliphatic heterocycles. The summed E-state index contributed by atoms with van der Waals surface area (Å²) in [6.45, 7) is 0.922. The minimum Gasteiger partial charge on any atom is -0.385 e. The van der Waals surface area contributed by atoms with Crippen LogP contribution in [-0.4, -0.2) is 34.9 Å². The summed E-state index contributed by atoms with van der Waals surface area (Å²) < 4.78 is 6.64. The van der Waals surface area contributed by atoms with Crippen LogP contribution in [-0.2, 0) is 16.1 Å². The van der Waals surface area contributed by atoms with Crippen LogP contribution < -0.4 is 10.9 Å². The Labute approximate surface area is 192 Å². The first-order valence-electron chi connectivity index (χ1n) is 8.96. The van der Waals surface area contributed by atoms with Crippen molar-refractivity contribution in [1.29, 1.82) is 0 Å². The quantitative estimate of drug-likeness (QED) is 0.272. The molecular formula is C20H18Cl3N3O3S. The van der Waals surface area contributed by atoms with Crippen molar-refractivity contribution in [3.63, 3.8) is 0 Å². The number of halogens is 3. The molecule has 0 spiro atoms. The van der Waals surface area contributed by atoms with Gasteiger partial charge in [-0.05, 0) is 36.8 Å². The van der Waals surface area contributed by atoms with Gasteiger partial charge in [0.15, 0.2) is 5.16 Å². The van der Waals surface area contributed by atoms with Crippen LogP contribution in [0, 0.1) is 0 Å². The summed E-state index contributed by atoms with van der Waals surface area (Å²) in [5, 5.41) is 4.72. The predicted octanol–water partition coefficient (Wildman–Crippen LogP) is 5.12. The molecule has 1 heterocycles. The fourth-order valence-corrected chi connectivity index (χ4v) is 4.10. The molecule has 10 heteroatoms. The lowest BCUT2D eigenvalue weighted by Crippen LogP contribution is -2.25. The van der Waals surface area contributed by atoms with Crippen LogP contribution in [0.2, 0.25) is 15.1 Å². The highest BCUT2D eigenvalue weighted by molar-refractivity contribution is 7.99. The van der Waals surface area contributed by atoms with Crippen molar-refractivity contribution < 1.29 is 9.53 Å². The SMILES string of the molecule is COCCCn1c(SCC(=O)Nc2cccc(Cl)c2Cl)nc2cc(Cl)ccc2c1=O. The average molecular weight is 487 g/mol. The van der Waals surface area contributed by atoms with Crippen molar-refractivity contribution in [1.82, 2.24) is 9.55 Å². The molecule has 0 aliphatic rings. The maximum absolute atomic E-state index is 13.0. The highest BCUT2D eigenvalue weighted by atomic mass is 35.5. The van der Waals surface area contributed by atoms with Gasteiger partial charge in [-0.15, -0.1) is 0 Å². The van der Waals surface area contributed by atoms with Crippen LogP contribution >= 0.6 is 46.6 Å². The number of nitrogens with one attached hydrogen (secondary N) is 1. The maximum atomic E-state index is 13.0. The smallest absolute Gasteiger partial charge is 0.262 e. The molecule has 2 aromatic carbocycles. The normalized spacial score (nSPS) is 11.1. The molecule has 0 saturated carbocycles. The molecule has 1 amide bonds. The third kappa shape index (κ3) is 5.47. The molecule has 1 aromatic heterocycles. The Morgan fingerprint density at radius 1 is 1.23 bits per heavy atom. The van der Waals surface area contributed by atoms with Gasteiger partial charge in [0.05, 0.1) is 32.4 Å². The Morgan fingerprint density at radius 3 is 2.80 bits per heavy atom. The molecule has 1 N–H and O–H groups in total. The van der Waals surface area contributed by atoms with Crippen LogP contribution in [0.3, 0.4) is 0 Å². The molecule has 30 heavy (non-hydrogen) atoms. The number of hydrogen-bond donors (Lipinski definition) is 1. The van der Waals surface area contributed by atoms with Crippen LogP contribution in [0.4, 0.5) is 5.69 Å². The van der Waals surface area contributed by atoms with Crippen LogP contribution in [0.25, 0.3) is 10.9 Å². The maximum Gasteiger partial charge on any atom is 0.262 e. The van der Waals surface area contributed by atoms with E-state index in [0.29, 0.717) is 51.4 Å². The van der Waals surface area contributed by atoms with Gasteiger partial charge in [-0.2, -0.15) is 0 Å². The third-order valence-corrected chi connectivity index (χ3v) is 6.20. The van der Waals surface area contributed by atoms with E-state index in [2.05, 4.69) is 10.3 Å². The molecule has 0 atom stereocenters. The van der Waals surface area contributed by atoms with Crippen molar-refractivity contribution in [3.05, 3.63) is 61.8 Å². The minimum atomic E-state index is -0.298. The highest BCUT2D eigenvalue weighted by Crippen LogP contribution is 2.30. The Bertz CT molecular complexity index is 1140. The van der Waals surface area contributed by atoms with Crippen LogP contribution in [0.1, 0.15) is 6.42 Å². The number of amides is 1. The summed E-state index contributed by atoms with van der Waals surface area (Å²) in [4.78, 5) is 30.0. The van der Waals surface area contributed by atoms with Gasteiger partial charge < -0.3 is 10.1 Å². The lowest BCUT2D eigenvalue weighted by atomic mass is 10.2. The lowest BCUT2D eigenvalue weighted by molar-refractivity contribution is -0.113. The molecule has 0 fully saturated rings. The van der Waals surface area contributed by atoms with E-state index < -0.39 is 0 Å². The summed E-state index contributed by atoms with van der Waals surface area (Å²) in [5.74, 6) is -0.265. The van der Waals surface area contributed by atoms with Crippen molar-refractivity contribution in [2.24, 2.45) is 0 Å². The van der Waals surface area contributed by atoms with E-state index in [1.807, 2.05) is 0 Å². The zero-order valence-corrected chi connectivity index (χ0v) is 19.0. The number of thioether (sulfide) groups is 1. The van der Waals surface area contributed by atoms with Crippen molar-refractivity contribution in [3.8, 4) is 0 Å². The van der Waals surface area contributed by atoms with E-state index in [1.165, 1.54) is 0 Å². The number of methoxy groups -OCH3 is 1. The molecule has 158 valence electrons. The standard InChI is InChI=1S/C20H18Cl3N3O3S/c1-29-9-3-8-26-19(28)13-7-6-12(21)10-16(13)25-20(26)30-11-17(27)24-15-5-2-4-14(22)18(15)23/h2,4-7,10H,3,8-9,11H2,1H3,(H,24,27). The third-order valence-electron chi connectivity index (χ3n) is 4.17.